The van der Waals surface area contributed by atoms with Crippen LogP contribution in [0, 0.1) is 0 Å². The van der Waals surface area contributed by atoms with Crippen molar-refractivity contribution in [3.05, 3.63) is 24.5 Å². The molecule has 6 heteroatoms. The van der Waals surface area contributed by atoms with Gasteiger partial charge in [-0.2, -0.15) is 0 Å². The predicted molar refractivity (Wildman–Crippen MR) is 88.8 cm³/mol. The Balaban J connectivity index is 1.61. The lowest BCUT2D eigenvalue weighted by molar-refractivity contribution is -0.120. The van der Waals surface area contributed by atoms with Gasteiger partial charge in [0, 0.05) is 38.6 Å². The summed E-state index contributed by atoms with van der Waals surface area (Å²) in [7, 11) is 1.71. The Morgan fingerprint density at radius 1 is 1.18 bits per heavy atom. The number of carbonyl (C=O) groups excluding carboxylic acids is 1. The van der Waals surface area contributed by atoms with Gasteiger partial charge in [-0.25, -0.2) is 0 Å². The molecule has 2 rings (SSSR count). The summed E-state index contributed by atoms with van der Waals surface area (Å²) in [4.78, 5) is 16.1. The second kappa shape index (κ2) is 9.12. The first-order valence-electron chi connectivity index (χ1n) is 8.12. The summed E-state index contributed by atoms with van der Waals surface area (Å²) in [5.74, 6) is 0.700. The molecule has 1 fully saturated rings. The Bertz CT molecular complexity index is 463. The molecule has 3 N–H and O–H groups in total. The standard InChI is InChI=1S/C16H27N5O/c1-17-16(18-9-12-21-10-5-6-11-21)19-13-15(22)20-14-7-3-2-4-8-14/h5-6,10-11,14H,2-4,7-9,12-13H2,1H3,(H,20,22)(H2,17,18,19). The molecule has 1 heterocycles. The second-order valence-electron chi connectivity index (χ2n) is 5.68. The maximum Gasteiger partial charge on any atom is 0.239 e. The number of aliphatic imine (C=N–C) groups is 1. The number of carbonyl (C=O) groups is 1. The van der Waals surface area contributed by atoms with Crippen molar-refractivity contribution in [2.24, 2.45) is 4.99 Å². The van der Waals surface area contributed by atoms with Crippen molar-refractivity contribution in [2.45, 2.75) is 44.7 Å². The molecule has 1 aliphatic rings. The second-order valence-corrected chi connectivity index (χ2v) is 5.68. The Morgan fingerprint density at radius 2 is 1.91 bits per heavy atom. The van der Waals surface area contributed by atoms with Crippen molar-refractivity contribution < 1.29 is 4.79 Å². The summed E-state index contributed by atoms with van der Waals surface area (Å²) in [6, 6.07) is 4.36. The quantitative estimate of drug-likeness (QED) is 0.544. The van der Waals surface area contributed by atoms with Gasteiger partial charge in [0.1, 0.15) is 0 Å². The number of nitrogens with one attached hydrogen (secondary N) is 3. The van der Waals surface area contributed by atoms with Crippen LogP contribution in [0.2, 0.25) is 0 Å². The minimum atomic E-state index is 0.0419. The largest absolute Gasteiger partial charge is 0.355 e. The van der Waals surface area contributed by atoms with E-state index in [4.69, 9.17) is 0 Å². The molecule has 0 saturated heterocycles. The van der Waals surface area contributed by atoms with E-state index in [1.807, 2.05) is 24.5 Å². The van der Waals surface area contributed by atoms with E-state index in [9.17, 15) is 4.79 Å². The fourth-order valence-corrected chi connectivity index (χ4v) is 2.73. The first kappa shape index (κ1) is 16.4. The molecule has 1 saturated carbocycles. The molecule has 0 aliphatic heterocycles. The molecule has 6 nitrogen and oxygen atoms in total. The van der Waals surface area contributed by atoms with Gasteiger partial charge >= 0.3 is 0 Å². The molecule has 0 spiro atoms. The topological polar surface area (TPSA) is 70.5 Å². The van der Waals surface area contributed by atoms with Crippen LogP contribution in [0.15, 0.2) is 29.5 Å². The molecule has 1 aromatic rings. The van der Waals surface area contributed by atoms with Gasteiger partial charge in [0.15, 0.2) is 5.96 Å². The molecule has 1 aliphatic carbocycles. The van der Waals surface area contributed by atoms with E-state index in [1.165, 1.54) is 19.3 Å². The zero-order valence-corrected chi connectivity index (χ0v) is 13.3. The van der Waals surface area contributed by atoms with Crippen LogP contribution < -0.4 is 16.0 Å². The maximum atomic E-state index is 11.9. The van der Waals surface area contributed by atoms with Crippen LogP contribution in [0.4, 0.5) is 0 Å². The Hall–Kier alpha value is -1.98. The van der Waals surface area contributed by atoms with E-state index in [2.05, 4.69) is 25.5 Å². The van der Waals surface area contributed by atoms with Gasteiger partial charge < -0.3 is 20.5 Å². The predicted octanol–water partition coefficient (Wildman–Crippen LogP) is 1.10. The number of guanidine groups is 1. The molecular weight excluding hydrogens is 278 g/mol. The third kappa shape index (κ3) is 5.79. The molecule has 0 bridgehead atoms. The first-order chi connectivity index (χ1) is 10.8. The van der Waals surface area contributed by atoms with Crippen molar-refractivity contribution in [1.29, 1.82) is 0 Å². The number of nitrogens with zero attached hydrogens (tertiary/aromatic N) is 2. The van der Waals surface area contributed by atoms with Crippen molar-refractivity contribution >= 4 is 11.9 Å². The number of aromatic nitrogens is 1. The van der Waals surface area contributed by atoms with Crippen molar-refractivity contribution in [1.82, 2.24) is 20.5 Å². The SMILES string of the molecule is CN=C(NCCn1cccc1)NCC(=O)NC1CCCCC1. The van der Waals surface area contributed by atoms with E-state index >= 15 is 0 Å². The molecule has 1 aromatic heterocycles. The van der Waals surface area contributed by atoms with Crippen LogP contribution in [0.3, 0.4) is 0 Å². The van der Waals surface area contributed by atoms with E-state index in [0.29, 0.717) is 12.0 Å². The van der Waals surface area contributed by atoms with Gasteiger partial charge in [-0.05, 0) is 25.0 Å². The fraction of sp³-hybridized carbons (Fsp3) is 0.625. The Morgan fingerprint density at radius 3 is 2.59 bits per heavy atom. The molecular formula is C16H27N5O. The highest BCUT2D eigenvalue weighted by Crippen LogP contribution is 2.16. The highest BCUT2D eigenvalue weighted by Gasteiger charge is 2.15. The third-order valence-electron chi connectivity index (χ3n) is 3.94. The van der Waals surface area contributed by atoms with E-state index in [1.54, 1.807) is 7.05 Å². The zero-order valence-electron chi connectivity index (χ0n) is 13.3. The molecule has 0 unspecified atom stereocenters. The summed E-state index contributed by atoms with van der Waals surface area (Å²) >= 11 is 0. The van der Waals surface area contributed by atoms with Gasteiger partial charge in [-0.3, -0.25) is 9.79 Å². The molecule has 0 atom stereocenters. The lowest BCUT2D eigenvalue weighted by atomic mass is 9.95. The average Bonchev–Trinajstić information content (AvgIpc) is 3.05. The molecule has 1 amide bonds. The van der Waals surface area contributed by atoms with Gasteiger partial charge in [-0.1, -0.05) is 19.3 Å². The molecule has 122 valence electrons. The van der Waals surface area contributed by atoms with Crippen molar-refractivity contribution in [2.75, 3.05) is 20.1 Å². The lowest BCUT2D eigenvalue weighted by Crippen LogP contribution is -2.46. The monoisotopic (exact) mass is 305 g/mol. The molecule has 22 heavy (non-hydrogen) atoms. The van der Waals surface area contributed by atoms with Gasteiger partial charge in [0.05, 0.1) is 6.54 Å². The summed E-state index contributed by atoms with van der Waals surface area (Å²) in [6.07, 6.45) is 10.0. The lowest BCUT2D eigenvalue weighted by Gasteiger charge is -2.23. The summed E-state index contributed by atoms with van der Waals surface area (Å²) in [5, 5.41) is 9.35. The Labute approximate surface area is 132 Å². The third-order valence-corrected chi connectivity index (χ3v) is 3.94. The van der Waals surface area contributed by atoms with Crippen LogP contribution >= 0.6 is 0 Å². The van der Waals surface area contributed by atoms with Crippen LogP contribution in [-0.4, -0.2) is 42.6 Å². The number of hydrogen-bond donors (Lipinski definition) is 3. The molecule has 0 radical (unpaired) electrons. The van der Waals surface area contributed by atoms with Gasteiger partial charge in [0.25, 0.3) is 0 Å². The normalized spacial score (nSPS) is 16.3. The van der Waals surface area contributed by atoms with E-state index in [0.717, 1.165) is 25.9 Å². The van der Waals surface area contributed by atoms with E-state index < -0.39 is 0 Å². The Kier molecular flexibility index (Phi) is 6.80. The highest BCUT2D eigenvalue weighted by atomic mass is 16.2. The van der Waals surface area contributed by atoms with Gasteiger partial charge in [0.2, 0.25) is 5.91 Å². The fourth-order valence-electron chi connectivity index (χ4n) is 2.73. The number of amides is 1. The molecule has 0 aromatic carbocycles. The summed E-state index contributed by atoms with van der Waals surface area (Å²) < 4.78 is 2.09. The minimum Gasteiger partial charge on any atom is -0.355 e. The first-order valence-corrected chi connectivity index (χ1v) is 8.12. The number of hydrogen-bond acceptors (Lipinski definition) is 2. The minimum absolute atomic E-state index is 0.0419. The van der Waals surface area contributed by atoms with Crippen LogP contribution in [0.25, 0.3) is 0 Å². The van der Waals surface area contributed by atoms with Crippen LogP contribution in [0.1, 0.15) is 32.1 Å². The highest BCUT2D eigenvalue weighted by molar-refractivity contribution is 5.86. The van der Waals surface area contributed by atoms with Crippen LogP contribution in [0.5, 0.6) is 0 Å². The van der Waals surface area contributed by atoms with Gasteiger partial charge in [-0.15, -0.1) is 0 Å². The van der Waals surface area contributed by atoms with Crippen molar-refractivity contribution in [3.8, 4) is 0 Å². The summed E-state index contributed by atoms with van der Waals surface area (Å²) in [6.45, 7) is 1.89. The maximum absolute atomic E-state index is 11.9. The van der Waals surface area contributed by atoms with Crippen LogP contribution in [-0.2, 0) is 11.3 Å². The number of rotatable bonds is 6. The van der Waals surface area contributed by atoms with Crippen molar-refractivity contribution in [3.63, 3.8) is 0 Å². The smallest absolute Gasteiger partial charge is 0.239 e. The van der Waals surface area contributed by atoms with E-state index in [-0.39, 0.29) is 12.5 Å². The zero-order chi connectivity index (χ0) is 15.6. The average molecular weight is 305 g/mol. The summed E-state index contributed by atoms with van der Waals surface area (Å²) in [5.41, 5.74) is 0.